The van der Waals surface area contributed by atoms with Gasteiger partial charge in [0.2, 0.25) is 5.88 Å². The molecule has 6 heteroatoms. The Labute approximate surface area is 156 Å². The van der Waals surface area contributed by atoms with E-state index in [2.05, 4.69) is 4.98 Å². The lowest BCUT2D eigenvalue weighted by atomic mass is 10.1. The van der Waals surface area contributed by atoms with Crippen LogP contribution in [0.4, 0.5) is 0 Å². The van der Waals surface area contributed by atoms with Crippen molar-refractivity contribution in [2.24, 2.45) is 0 Å². The molecule has 1 aliphatic rings. The molecule has 0 spiro atoms. The molecule has 0 unspecified atom stereocenters. The van der Waals surface area contributed by atoms with E-state index in [1.807, 2.05) is 48.5 Å². The Hall–Kier alpha value is -3.59. The van der Waals surface area contributed by atoms with Crippen molar-refractivity contribution in [3.63, 3.8) is 0 Å². The first kappa shape index (κ1) is 16.9. The van der Waals surface area contributed by atoms with Crippen molar-refractivity contribution in [3.8, 4) is 17.7 Å². The Bertz CT molecular complexity index is 1020. The zero-order chi connectivity index (χ0) is 18.6. The summed E-state index contributed by atoms with van der Waals surface area (Å²) in [5, 5.41) is 11.3. The van der Waals surface area contributed by atoms with Gasteiger partial charge < -0.3 is 14.4 Å². The topological polar surface area (TPSA) is 75.5 Å². The molecule has 2 aromatic carbocycles. The van der Waals surface area contributed by atoms with Crippen LogP contribution in [0.15, 0.2) is 60.8 Å². The molecule has 27 heavy (non-hydrogen) atoms. The van der Waals surface area contributed by atoms with Gasteiger partial charge in [-0.3, -0.25) is 4.79 Å². The molecule has 0 atom stereocenters. The molecule has 1 aromatic heterocycles. The van der Waals surface area contributed by atoms with Crippen LogP contribution < -0.4 is 9.47 Å². The average molecular weight is 359 g/mol. The number of benzene rings is 2. The highest BCUT2D eigenvalue weighted by atomic mass is 16.5. The Morgan fingerprint density at radius 1 is 1.15 bits per heavy atom. The van der Waals surface area contributed by atoms with Crippen LogP contribution in [0.3, 0.4) is 0 Å². The predicted octanol–water partition coefficient (Wildman–Crippen LogP) is 2.78. The maximum Gasteiger partial charge on any atom is 0.260 e. The number of amides is 1. The van der Waals surface area contributed by atoms with Gasteiger partial charge in [0.15, 0.2) is 6.61 Å². The molecular formula is C21H17N3O3. The lowest BCUT2D eigenvalue weighted by Gasteiger charge is -2.38. The van der Waals surface area contributed by atoms with E-state index >= 15 is 0 Å². The number of rotatable bonds is 5. The second-order valence-corrected chi connectivity index (χ2v) is 6.30. The van der Waals surface area contributed by atoms with Crippen LogP contribution in [0.2, 0.25) is 0 Å². The SMILES string of the molecule is N#Cc1cccnc1OC1CN(C(=O)COc2ccc3ccccc3c2)C1. The van der Waals surface area contributed by atoms with Gasteiger partial charge in [0.05, 0.1) is 13.1 Å². The number of likely N-dealkylation sites (tertiary alicyclic amines) is 1. The third-order valence-corrected chi connectivity index (χ3v) is 4.45. The number of pyridine rings is 1. The maximum atomic E-state index is 12.3. The summed E-state index contributed by atoms with van der Waals surface area (Å²) in [7, 11) is 0. The van der Waals surface area contributed by atoms with Gasteiger partial charge in [-0.15, -0.1) is 0 Å². The maximum absolute atomic E-state index is 12.3. The second-order valence-electron chi connectivity index (χ2n) is 6.30. The summed E-state index contributed by atoms with van der Waals surface area (Å²) < 4.78 is 11.3. The molecule has 1 saturated heterocycles. The van der Waals surface area contributed by atoms with Gasteiger partial charge in [0, 0.05) is 6.20 Å². The Morgan fingerprint density at radius 2 is 1.96 bits per heavy atom. The van der Waals surface area contributed by atoms with Crippen LogP contribution in [0.5, 0.6) is 11.6 Å². The van der Waals surface area contributed by atoms with Gasteiger partial charge in [-0.25, -0.2) is 4.98 Å². The van der Waals surface area contributed by atoms with Gasteiger partial charge in [0.25, 0.3) is 5.91 Å². The number of hydrogen-bond donors (Lipinski definition) is 0. The zero-order valence-electron chi connectivity index (χ0n) is 14.5. The fourth-order valence-corrected chi connectivity index (χ4v) is 2.94. The van der Waals surface area contributed by atoms with Gasteiger partial charge in [-0.1, -0.05) is 30.3 Å². The average Bonchev–Trinajstić information content (AvgIpc) is 2.68. The number of nitrogens with zero attached hydrogens (tertiary/aromatic N) is 3. The summed E-state index contributed by atoms with van der Waals surface area (Å²) in [6.07, 6.45) is 1.42. The van der Waals surface area contributed by atoms with E-state index in [9.17, 15) is 4.79 Å². The molecule has 134 valence electrons. The monoisotopic (exact) mass is 359 g/mol. The molecule has 2 heterocycles. The molecule has 1 amide bonds. The van der Waals surface area contributed by atoms with Crippen LogP contribution in [-0.2, 0) is 4.79 Å². The molecular weight excluding hydrogens is 342 g/mol. The summed E-state index contributed by atoms with van der Waals surface area (Å²) in [5.74, 6) is 0.886. The van der Waals surface area contributed by atoms with E-state index in [4.69, 9.17) is 14.7 Å². The van der Waals surface area contributed by atoms with E-state index in [1.165, 1.54) is 0 Å². The summed E-state index contributed by atoms with van der Waals surface area (Å²) in [6.45, 7) is 0.904. The summed E-state index contributed by atoms with van der Waals surface area (Å²) >= 11 is 0. The minimum atomic E-state index is -0.156. The fourth-order valence-electron chi connectivity index (χ4n) is 2.94. The van der Waals surface area contributed by atoms with Crippen molar-refractivity contribution < 1.29 is 14.3 Å². The van der Waals surface area contributed by atoms with Crippen LogP contribution in [0.25, 0.3) is 10.8 Å². The Kier molecular flexibility index (Phi) is 4.58. The molecule has 0 radical (unpaired) electrons. The third-order valence-electron chi connectivity index (χ3n) is 4.45. The number of ether oxygens (including phenoxy) is 2. The summed E-state index contributed by atoms with van der Waals surface area (Å²) in [6, 6.07) is 19.1. The minimum absolute atomic E-state index is 0.0158. The molecule has 1 aliphatic heterocycles. The molecule has 0 bridgehead atoms. The number of carbonyl (C=O) groups excluding carboxylic acids is 1. The van der Waals surface area contributed by atoms with Gasteiger partial charge >= 0.3 is 0 Å². The van der Waals surface area contributed by atoms with E-state index in [-0.39, 0.29) is 18.6 Å². The van der Waals surface area contributed by atoms with Crippen molar-refractivity contribution in [2.45, 2.75) is 6.10 Å². The largest absolute Gasteiger partial charge is 0.484 e. The number of aromatic nitrogens is 1. The third kappa shape index (κ3) is 3.67. The zero-order valence-corrected chi connectivity index (χ0v) is 14.5. The van der Waals surface area contributed by atoms with Crippen LogP contribution in [0.1, 0.15) is 5.56 Å². The standard InChI is InChI=1S/C21H17N3O3/c22-11-17-6-3-9-23-21(17)27-19-12-24(13-19)20(25)14-26-18-8-7-15-4-1-2-5-16(15)10-18/h1-10,19H,12-14H2. The van der Waals surface area contributed by atoms with E-state index in [1.54, 1.807) is 23.2 Å². The van der Waals surface area contributed by atoms with Gasteiger partial charge in [-0.2, -0.15) is 5.26 Å². The number of carbonyl (C=O) groups is 1. The highest BCUT2D eigenvalue weighted by molar-refractivity contribution is 5.84. The van der Waals surface area contributed by atoms with Gasteiger partial charge in [-0.05, 0) is 35.0 Å². The van der Waals surface area contributed by atoms with Crippen molar-refractivity contribution in [1.29, 1.82) is 5.26 Å². The first-order chi connectivity index (χ1) is 13.2. The van der Waals surface area contributed by atoms with Crippen LogP contribution in [-0.4, -0.2) is 41.6 Å². The minimum Gasteiger partial charge on any atom is -0.484 e. The quantitative estimate of drug-likeness (QED) is 0.700. The molecule has 0 saturated carbocycles. The highest BCUT2D eigenvalue weighted by Gasteiger charge is 2.33. The molecule has 0 N–H and O–H groups in total. The van der Waals surface area contributed by atoms with E-state index < -0.39 is 0 Å². The molecule has 1 fully saturated rings. The van der Waals surface area contributed by atoms with E-state index in [0.717, 1.165) is 10.8 Å². The van der Waals surface area contributed by atoms with Crippen molar-refractivity contribution in [1.82, 2.24) is 9.88 Å². The predicted molar refractivity (Wildman–Crippen MR) is 99.4 cm³/mol. The van der Waals surface area contributed by atoms with Crippen LogP contribution >= 0.6 is 0 Å². The Morgan fingerprint density at radius 3 is 2.78 bits per heavy atom. The normalized spacial score (nSPS) is 13.7. The summed E-state index contributed by atoms with van der Waals surface area (Å²) in [5.41, 5.74) is 0.391. The lowest BCUT2D eigenvalue weighted by Crippen LogP contribution is -2.57. The first-order valence-electron chi connectivity index (χ1n) is 8.64. The fraction of sp³-hybridized carbons (Fsp3) is 0.190. The highest BCUT2D eigenvalue weighted by Crippen LogP contribution is 2.22. The molecule has 4 rings (SSSR count). The summed E-state index contributed by atoms with van der Waals surface area (Å²) in [4.78, 5) is 18.0. The van der Waals surface area contributed by atoms with Crippen LogP contribution in [0, 0.1) is 11.3 Å². The molecule has 3 aromatic rings. The molecule has 0 aliphatic carbocycles. The van der Waals surface area contributed by atoms with Gasteiger partial charge in [0.1, 0.15) is 23.5 Å². The van der Waals surface area contributed by atoms with Crippen molar-refractivity contribution >= 4 is 16.7 Å². The van der Waals surface area contributed by atoms with Crippen molar-refractivity contribution in [3.05, 3.63) is 66.4 Å². The number of fused-ring (bicyclic) bond motifs is 1. The number of nitriles is 1. The first-order valence-corrected chi connectivity index (χ1v) is 8.64. The lowest BCUT2D eigenvalue weighted by molar-refractivity contribution is -0.142. The van der Waals surface area contributed by atoms with Crippen molar-refractivity contribution in [2.75, 3.05) is 19.7 Å². The second kappa shape index (κ2) is 7.34. The smallest absolute Gasteiger partial charge is 0.260 e. The number of hydrogen-bond acceptors (Lipinski definition) is 5. The Balaban J connectivity index is 1.28. The van der Waals surface area contributed by atoms with E-state index in [0.29, 0.717) is 30.3 Å². The molecule has 6 nitrogen and oxygen atoms in total.